The van der Waals surface area contributed by atoms with Gasteiger partial charge in [-0.25, -0.2) is 9.97 Å². The monoisotopic (exact) mass is 466 g/mol. The van der Waals surface area contributed by atoms with Gasteiger partial charge in [-0.2, -0.15) is 0 Å². The van der Waals surface area contributed by atoms with Gasteiger partial charge in [0.1, 0.15) is 18.5 Å². The molecule has 3 aromatic rings. The number of nitro groups is 1. The number of amides is 1. The minimum Gasteiger partial charge on any atom is -0.459 e. The van der Waals surface area contributed by atoms with E-state index in [9.17, 15) is 19.7 Å². The smallest absolute Gasteiger partial charge is 0.353 e. The number of carbonyl (C=O) groups is 2. The van der Waals surface area contributed by atoms with Crippen molar-refractivity contribution in [3.05, 3.63) is 58.9 Å². The van der Waals surface area contributed by atoms with Crippen LogP contribution in [0.3, 0.4) is 0 Å². The summed E-state index contributed by atoms with van der Waals surface area (Å²) in [5.74, 6) is -1.19. The second kappa shape index (κ2) is 10.1. The minimum absolute atomic E-state index is 0.0803. The fourth-order valence-electron chi connectivity index (χ4n) is 3.22. The molecule has 0 fully saturated rings. The highest BCUT2D eigenvalue weighted by Crippen LogP contribution is 2.31. The maximum atomic E-state index is 12.4. The first-order chi connectivity index (χ1) is 16.0. The summed E-state index contributed by atoms with van der Waals surface area (Å²) < 4.78 is 5.26. The lowest BCUT2D eigenvalue weighted by Crippen LogP contribution is -2.33. The largest absolute Gasteiger partial charge is 0.459 e. The van der Waals surface area contributed by atoms with Crippen LogP contribution < -0.4 is 15.5 Å². The normalized spacial score (nSPS) is 11.1. The van der Waals surface area contributed by atoms with E-state index in [1.165, 1.54) is 11.9 Å². The number of anilines is 3. The van der Waals surface area contributed by atoms with Gasteiger partial charge < -0.3 is 20.3 Å². The first-order valence-corrected chi connectivity index (χ1v) is 10.5. The molecule has 34 heavy (non-hydrogen) atoms. The van der Waals surface area contributed by atoms with E-state index < -0.39 is 28.1 Å². The van der Waals surface area contributed by atoms with Gasteiger partial charge in [-0.15, -0.1) is 0 Å². The van der Waals surface area contributed by atoms with E-state index in [4.69, 9.17) is 4.74 Å². The highest BCUT2D eigenvalue weighted by Gasteiger charge is 2.28. The van der Waals surface area contributed by atoms with Crippen molar-refractivity contribution in [3.63, 3.8) is 0 Å². The Hall–Kier alpha value is -4.28. The SMILES string of the molecule is CN(CC(=O)OC(C)(C)C)c1ncnc(NCC(=O)Nc2ccc3ccccc3c2)c1[N+](=O)[O-]. The van der Waals surface area contributed by atoms with Crippen LogP contribution >= 0.6 is 0 Å². The summed E-state index contributed by atoms with van der Waals surface area (Å²) >= 11 is 0. The highest BCUT2D eigenvalue weighted by atomic mass is 16.6. The van der Waals surface area contributed by atoms with E-state index in [0.717, 1.165) is 17.1 Å². The Morgan fingerprint density at radius 1 is 1.12 bits per heavy atom. The van der Waals surface area contributed by atoms with Crippen LogP contribution in [0.15, 0.2) is 48.8 Å². The fraction of sp³-hybridized carbons (Fsp3) is 0.304. The number of hydrogen-bond acceptors (Lipinski definition) is 9. The Morgan fingerprint density at radius 2 is 1.82 bits per heavy atom. The number of nitrogens with zero attached hydrogens (tertiary/aromatic N) is 4. The number of esters is 1. The maximum absolute atomic E-state index is 12.4. The average molecular weight is 466 g/mol. The number of hydrogen-bond donors (Lipinski definition) is 2. The van der Waals surface area contributed by atoms with E-state index in [0.29, 0.717) is 5.69 Å². The van der Waals surface area contributed by atoms with Gasteiger partial charge in [-0.1, -0.05) is 30.3 Å². The molecule has 0 saturated carbocycles. The number of nitrogens with one attached hydrogen (secondary N) is 2. The molecule has 0 atom stereocenters. The van der Waals surface area contributed by atoms with Crippen molar-refractivity contribution in [3.8, 4) is 0 Å². The van der Waals surface area contributed by atoms with Gasteiger partial charge in [-0.3, -0.25) is 19.7 Å². The van der Waals surface area contributed by atoms with Gasteiger partial charge in [-0.05, 0) is 43.7 Å². The minimum atomic E-state index is -0.694. The van der Waals surface area contributed by atoms with Crippen molar-refractivity contribution in [2.45, 2.75) is 26.4 Å². The lowest BCUT2D eigenvalue weighted by molar-refractivity contribution is -0.383. The molecule has 0 bridgehead atoms. The number of fused-ring (bicyclic) bond motifs is 1. The molecule has 0 unspecified atom stereocenters. The van der Waals surface area contributed by atoms with Crippen LogP contribution in [-0.4, -0.2) is 52.5 Å². The molecule has 11 heteroatoms. The van der Waals surface area contributed by atoms with Crippen LogP contribution in [0.2, 0.25) is 0 Å². The Kier molecular flexibility index (Phi) is 7.24. The maximum Gasteiger partial charge on any atom is 0.353 e. The average Bonchev–Trinajstić information content (AvgIpc) is 2.75. The van der Waals surface area contributed by atoms with Crippen LogP contribution in [0.4, 0.5) is 23.0 Å². The van der Waals surface area contributed by atoms with Crippen LogP contribution in [0, 0.1) is 10.1 Å². The number of ether oxygens (including phenoxy) is 1. The van der Waals surface area contributed by atoms with Gasteiger partial charge in [0.2, 0.25) is 17.5 Å². The second-order valence-electron chi connectivity index (χ2n) is 8.56. The highest BCUT2D eigenvalue weighted by molar-refractivity contribution is 5.96. The zero-order valence-electron chi connectivity index (χ0n) is 19.4. The standard InChI is InChI=1S/C23H26N6O5/c1-23(2,3)34-19(31)13-28(4)22-20(29(32)33)21(25-14-26-22)24-12-18(30)27-17-10-9-15-7-5-6-8-16(15)11-17/h5-11,14H,12-13H2,1-4H3,(H,27,30)(H,24,25,26). The van der Waals surface area contributed by atoms with Crippen LogP contribution in [0.1, 0.15) is 20.8 Å². The molecular weight excluding hydrogens is 440 g/mol. The molecule has 1 heterocycles. The van der Waals surface area contributed by atoms with Crippen molar-refractivity contribution < 1.29 is 19.2 Å². The van der Waals surface area contributed by atoms with Crippen molar-refractivity contribution in [2.75, 3.05) is 35.7 Å². The molecule has 0 spiro atoms. The van der Waals surface area contributed by atoms with E-state index in [-0.39, 0.29) is 24.7 Å². The van der Waals surface area contributed by atoms with Crippen molar-refractivity contribution in [1.29, 1.82) is 0 Å². The van der Waals surface area contributed by atoms with E-state index in [2.05, 4.69) is 20.6 Å². The lowest BCUT2D eigenvalue weighted by atomic mass is 10.1. The van der Waals surface area contributed by atoms with E-state index >= 15 is 0 Å². The summed E-state index contributed by atoms with van der Waals surface area (Å²) in [5.41, 5.74) is -0.548. The van der Waals surface area contributed by atoms with Crippen LogP contribution in [-0.2, 0) is 14.3 Å². The van der Waals surface area contributed by atoms with Gasteiger partial charge in [0.25, 0.3) is 0 Å². The van der Waals surface area contributed by atoms with Gasteiger partial charge in [0.15, 0.2) is 0 Å². The topological polar surface area (TPSA) is 140 Å². The molecule has 11 nitrogen and oxygen atoms in total. The Balaban J connectivity index is 1.70. The van der Waals surface area contributed by atoms with Crippen molar-refractivity contribution >= 4 is 45.7 Å². The number of rotatable bonds is 8. The van der Waals surface area contributed by atoms with Crippen molar-refractivity contribution in [1.82, 2.24) is 9.97 Å². The molecule has 2 N–H and O–H groups in total. The molecule has 3 rings (SSSR count). The summed E-state index contributed by atoms with van der Waals surface area (Å²) in [6.07, 6.45) is 1.12. The molecule has 1 amide bonds. The van der Waals surface area contributed by atoms with Gasteiger partial charge in [0.05, 0.1) is 11.5 Å². The Labute approximate surface area is 196 Å². The summed E-state index contributed by atoms with van der Waals surface area (Å²) in [6.45, 7) is 4.66. The Morgan fingerprint density at radius 3 is 2.50 bits per heavy atom. The van der Waals surface area contributed by atoms with Gasteiger partial charge >= 0.3 is 11.7 Å². The first-order valence-electron chi connectivity index (χ1n) is 10.5. The molecule has 0 aliphatic carbocycles. The first kappa shape index (κ1) is 24.4. The zero-order chi connectivity index (χ0) is 24.9. The summed E-state index contributed by atoms with van der Waals surface area (Å²) in [4.78, 5) is 44.8. The predicted molar refractivity (Wildman–Crippen MR) is 129 cm³/mol. The zero-order valence-corrected chi connectivity index (χ0v) is 19.4. The van der Waals surface area contributed by atoms with E-state index in [1.807, 2.05) is 36.4 Å². The Bertz CT molecular complexity index is 1220. The van der Waals surface area contributed by atoms with Crippen molar-refractivity contribution in [2.24, 2.45) is 0 Å². The summed E-state index contributed by atoms with van der Waals surface area (Å²) in [5, 5.41) is 19.2. The number of aromatic nitrogens is 2. The quantitative estimate of drug-likeness (QED) is 0.290. The van der Waals surface area contributed by atoms with Crippen LogP contribution in [0.25, 0.3) is 10.8 Å². The number of likely N-dealkylation sites (N-methyl/N-ethyl adjacent to an activating group) is 1. The van der Waals surface area contributed by atoms with E-state index in [1.54, 1.807) is 26.8 Å². The second-order valence-corrected chi connectivity index (χ2v) is 8.56. The summed E-state index contributed by atoms with van der Waals surface area (Å²) in [6, 6.07) is 13.2. The third-order valence-corrected chi connectivity index (χ3v) is 4.58. The molecule has 2 aromatic carbocycles. The molecule has 0 aliphatic heterocycles. The number of carbonyl (C=O) groups excluding carboxylic acids is 2. The summed E-state index contributed by atoms with van der Waals surface area (Å²) in [7, 11) is 1.48. The third-order valence-electron chi connectivity index (χ3n) is 4.58. The van der Waals surface area contributed by atoms with Crippen LogP contribution in [0.5, 0.6) is 0 Å². The lowest BCUT2D eigenvalue weighted by Gasteiger charge is -2.23. The predicted octanol–water partition coefficient (Wildman–Crippen LogP) is 3.37. The third kappa shape index (κ3) is 6.37. The fourth-order valence-corrected chi connectivity index (χ4v) is 3.22. The molecule has 1 aromatic heterocycles. The molecular formula is C23H26N6O5. The van der Waals surface area contributed by atoms with Gasteiger partial charge in [0, 0.05) is 12.7 Å². The molecule has 0 radical (unpaired) electrons. The number of benzene rings is 2. The molecule has 0 saturated heterocycles. The molecule has 0 aliphatic rings. The molecule has 178 valence electrons.